The van der Waals surface area contributed by atoms with Gasteiger partial charge >= 0.3 is 5.97 Å². The number of ether oxygens (including phenoxy) is 1. The molecule has 3 rings (SSSR count). The molecule has 0 radical (unpaired) electrons. The van der Waals surface area contributed by atoms with Crippen LogP contribution in [0.2, 0.25) is 5.02 Å². The Morgan fingerprint density at radius 1 is 0.929 bits per heavy atom. The number of sulfone groups is 1. The summed E-state index contributed by atoms with van der Waals surface area (Å²) >= 11 is 5.96. The van der Waals surface area contributed by atoms with Crippen molar-refractivity contribution in [3.05, 3.63) is 100 Å². The van der Waals surface area contributed by atoms with Crippen molar-refractivity contribution in [2.75, 3.05) is 0 Å². The van der Waals surface area contributed by atoms with Crippen LogP contribution in [-0.4, -0.2) is 14.4 Å². The summed E-state index contributed by atoms with van der Waals surface area (Å²) in [6, 6.07) is 19.1. The normalized spacial score (nSPS) is 11.2. The lowest BCUT2D eigenvalue weighted by Crippen LogP contribution is -2.12. The molecule has 0 atom stereocenters. The van der Waals surface area contributed by atoms with Crippen molar-refractivity contribution in [2.24, 2.45) is 0 Å². The van der Waals surface area contributed by atoms with Crippen molar-refractivity contribution in [3.8, 4) is 0 Å². The second-order valence-electron chi connectivity index (χ2n) is 6.07. The monoisotopic (exact) mass is 418 g/mol. The number of halogens is 2. The minimum Gasteiger partial charge on any atom is -0.457 e. The second-order valence-corrected chi connectivity index (χ2v) is 8.43. The van der Waals surface area contributed by atoms with Crippen LogP contribution in [0.3, 0.4) is 0 Å². The Morgan fingerprint density at radius 3 is 2.11 bits per heavy atom. The van der Waals surface area contributed by atoms with Gasteiger partial charge in [-0.2, -0.15) is 0 Å². The van der Waals surface area contributed by atoms with Gasteiger partial charge in [0.05, 0.1) is 21.2 Å². The van der Waals surface area contributed by atoms with E-state index in [0.29, 0.717) is 5.56 Å². The van der Waals surface area contributed by atoms with Crippen molar-refractivity contribution in [1.82, 2.24) is 0 Å². The van der Waals surface area contributed by atoms with Crippen LogP contribution in [0.1, 0.15) is 21.5 Å². The highest BCUT2D eigenvalue weighted by atomic mass is 35.5. The summed E-state index contributed by atoms with van der Waals surface area (Å²) in [5.74, 6) is -2.23. The van der Waals surface area contributed by atoms with Gasteiger partial charge < -0.3 is 4.74 Å². The summed E-state index contributed by atoms with van der Waals surface area (Å²) in [6.45, 7) is -0.0617. The molecule has 0 N–H and O–H groups in total. The first kappa shape index (κ1) is 20.0. The van der Waals surface area contributed by atoms with Gasteiger partial charge in [0, 0.05) is 0 Å². The van der Waals surface area contributed by atoms with Crippen molar-refractivity contribution >= 4 is 27.4 Å². The number of benzene rings is 3. The van der Waals surface area contributed by atoms with Gasteiger partial charge in [-0.05, 0) is 23.3 Å². The number of carbonyl (C=O) groups excluding carboxylic acids is 1. The van der Waals surface area contributed by atoms with E-state index in [-0.39, 0.29) is 22.3 Å². The minimum atomic E-state index is -3.89. The van der Waals surface area contributed by atoms with Crippen LogP contribution in [0.15, 0.2) is 77.7 Å². The van der Waals surface area contributed by atoms with Gasteiger partial charge in [-0.3, -0.25) is 0 Å². The first-order valence-electron chi connectivity index (χ1n) is 8.33. The van der Waals surface area contributed by atoms with Crippen molar-refractivity contribution in [1.29, 1.82) is 0 Å². The summed E-state index contributed by atoms with van der Waals surface area (Å²) in [5, 5.41) is -0.284. The minimum absolute atomic E-state index is 0.0617. The van der Waals surface area contributed by atoms with E-state index in [2.05, 4.69) is 0 Å². The molecule has 4 nitrogen and oxygen atoms in total. The van der Waals surface area contributed by atoms with Crippen LogP contribution in [0.5, 0.6) is 0 Å². The topological polar surface area (TPSA) is 60.4 Å². The van der Waals surface area contributed by atoms with E-state index in [4.69, 9.17) is 16.3 Å². The van der Waals surface area contributed by atoms with Crippen molar-refractivity contribution < 1.29 is 22.3 Å². The predicted molar refractivity (Wildman–Crippen MR) is 104 cm³/mol. The zero-order chi connectivity index (χ0) is 20.1. The molecule has 0 fully saturated rings. The van der Waals surface area contributed by atoms with E-state index in [1.165, 1.54) is 0 Å². The Balaban J connectivity index is 1.86. The van der Waals surface area contributed by atoms with Crippen LogP contribution in [0.25, 0.3) is 0 Å². The molecule has 0 unspecified atom stereocenters. The Bertz CT molecular complexity index is 1080. The first-order chi connectivity index (χ1) is 13.4. The lowest BCUT2D eigenvalue weighted by molar-refractivity contribution is 0.0467. The number of carbonyl (C=O) groups is 1. The largest absolute Gasteiger partial charge is 0.457 e. The first-order valence-corrected chi connectivity index (χ1v) is 10.4. The standard InChI is InChI=1S/C21H16ClFO4S/c22-18-12-19(23)17(21(24)27-13-15-7-3-1-4-8-15)11-20(18)28(25,26)14-16-9-5-2-6-10-16/h1-12H,13-14H2. The zero-order valence-electron chi connectivity index (χ0n) is 14.6. The molecule has 0 amide bonds. The lowest BCUT2D eigenvalue weighted by atomic mass is 10.2. The summed E-state index contributed by atoms with van der Waals surface area (Å²) in [4.78, 5) is 12.0. The molecule has 0 bridgehead atoms. The van der Waals surface area contributed by atoms with Crippen LogP contribution in [-0.2, 0) is 26.9 Å². The number of rotatable bonds is 6. The van der Waals surface area contributed by atoms with E-state index in [1.807, 2.05) is 6.07 Å². The number of hydrogen-bond acceptors (Lipinski definition) is 4. The molecule has 7 heteroatoms. The summed E-state index contributed by atoms with van der Waals surface area (Å²) in [7, 11) is -3.89. The van der Waals surface area contributed by atoms with E-state index < -0.39 is 27.2 Å². The van der Waals surface area contributed by atoms with E-state index in [0.717, 1.165) is 17.7 Å². The summed E-state index contributed by atoms with van der Waals surface area (Å²) in [5.41, 5.74) is 0.796. The third-order valence-corrected chi connectivity index (χ3v) is 6.13. The molecule has 3 aromatic carbocycles. The van der Waals surface area contributed by atoms with Gasteiger partial charge in [0.15, 0.2) is 9.84 Å². The fraction of sp³-hybridized carbons (Fsp3) is 0.0952. The Morgan fingerprint density at radius 2 is 1.50 bits per heavy atom. The Labute approximate surface area is 167 Å². The van der Waals surface area contributed by atoms with Crippen LogP contribution in [0.4, 0.5) is 4.39 Å². The fourth-order valence-corrected chi connectivity index (χ4v) is 4.54. The van der Waals surface area contributed by atoms with Crippen molar-refractivity contribution in [2.45, 2.75) is 17.3 Å². The SMILES string of the molecule is O=C(OCc1ccccc1)c1cc(S(=O)(=O)Cc2ccccc2)c(Cl)cc1F. The molecule has 0 aliphatic carbocycles. The average Bonchev–Trinajstić information content (AvgIpc) is 2.67. The third-order valence-electron chi connectivity index (χ3n) is 3.99. The molecule has 0 aliphatic rings. The van der Waals surface area contributed by atoms with E-state index in [1.54, 1.807) is 54.6 Å². The molecular weight excluding hydrogens is 403 g/mol. The molecule has 144 valence electrons. The number of esters is 1. The maximum absolute atomic E-state index is 14.2. The maximum Gasteiger partial charge on any atom is 0.341 e. The van der Waals surface area contributed by atoms with Gasteiger partial charge in [0.25, 0.3) is 0 Å². The third kappa shape index (κ3) is 4.77. The van der Waals surface area contributed by atoms with Gasteiger partial charge in [0.2, 0.25) is 0 Å². The highest BCUT2D eigenvalue weighted by Crippen LogP contribution is 2.28. The highest BCUT2D eigenvalue weighted by molar-refractivity contribution is 7.90. The molecule has 0 saturated heterocycles. The van der Waals surface area contributed by atoms with Gasteiger partial charge in [-0.25, -0.2) is 17.6 Å². The van der Waals surface area contributed by atoms with Crippen LogP contribution >= 0.6 is 11.6 Å². The van der Waals surface area contributed by atoms with E-state index in [9.17, 15) is 17.6 Å². The maximum atomic E-state index is 14.2. The van der Waals surface area contributed by atoms with Gasteiger partial charge in [-0.15, -0.1) is 0 Å². The highest BCUT2D eigenvalue weighted by Gasteiger charge is 2.24. The Kier molecular flexibility index (Phi) is 6.11. The second kappa shape index (κ2) is 8.54. The summed E-state index contributed by atoms with van der Waals surface area (Å²) in [6.07, 6.45) is 0. The average molecular weight is 419 g/mol. The molecule has 3 aromatic rings. The van der Waals surface area contributed by atoms with Crippen LogP contribution < -0.4 is 0 Å². The predicted octanol–water partition coefficient (Wildman–Crippen LogP) is 4.81. The van der Waals surface area contributed by atoms with E-state index >= 15 is 0 Å². The zero-order valence-corrected chi connectivity index (χ0v) is 16.2. The quantitative estimate of drug-likeness (QED) is 0.425. The molecule has 0 spiro atoms. The smallest absolute Gasteiger partial charge is 0.341 e. The molecule has 0 aromatic heterocycles. The molecule has 0 heterocycles. The molecule has 28 heavy (non-hydrogen) atoms. The van der Waals surface area contributed by atoms with Crippen molar-refractivity contribution in [3.63, 3.8) is 0 Å². The van der Waals surface area contributed by atoms with Crippen LogP contribution in [0, 0.1) is 5.82 Å². The number of hydrogen-bond donors (Lipinski definition) is 0. The lowest BCUT2D eigenvalue weighted by Gasteiger charge is -2.11. The summed E-state index contributed by atoms with van der Waals surface area (Å²) < 4.78 is 44.8. The molecule has 0 saturated carbocycles. The van der Waals surface area contributed by atoms with Gasteiger partial charge in [0.1, 0.15) is 12.4 Å². The Hall–Kier alpha value is -2.70. The fourth-order valence-electron chi connectivity index (χ4n) is 2.60. The molecule has 0 aliphatic heterocycles. The van der Waals surface area contributed by atoms with Gasteiger partial charge in [-0.1, -0.05) is 72.3 Å². The molecular formula is C21H16ClFO4S.